The van der Waals surface area contributed by atoms with E-state index < -0.39 is 61.0 Å². The Hall–Kier alpha value is -1.66. The SMILES string of the molecule is [2H]c1nc(-n2nc([2H])c(B3OC(C)(C)C(C)(C)O3)c2[2H])c(C([2H])([2H])[2H])c([2H])c1[2H]. The molecule has 3 heterocycles. The summed E-state index contributed by atoms with van der Waals surface area (Å²) in [6, 6.07) is -1.34. The minimum Gasteiger partial charge on any atom is -0.399 e. The predicted molar refractivity (Wildman–Crippen MR) is 81.8 cm³/mol. The highest BCUT2D eigenvalue weighted by Gasteiger charge is 2.52. The second-order valence-electron chi connectivity index (χ2n) is 5.81. The summed E-state index contributed by atoms with van der Waals surface area (Å²) < 4.78 is 75.7. The molecule has 0 spiro atoms. The lowest BCUT2D eigenvalue weighted by atomic mass is 9.82. The van der Waals surface area contributed by atoms with E-state index in [9.17, 15) is 0 Å². The van der Waals surface area contributed by atoms with Crippen molar-refractivity contribution in [1.82, 2.24) is 14.8 Å². The van der Waals surface area contributed by atoms with Gasteiger partial charge >= 0.3 is 7.12 Å². The van der Waals surface area contributed by atoms with Gasteiger partial charge in [-0.3, -0.25) is 0 Å². The highest BCUT2D eigenvalue weighted by molar-refractivity contribution is 6.62. The number of aromatic nitrogens is 3. The molecule has 0 N–H and O–H groups in total. The zero-order valence-electron chi connectivity index (χ0n) is 20.2. The summed E-state index contributed by atoms with van der Waals surface area (Å²) in [5, 5.41) is 3.90. The number of nitrogens with zero attached hydrogens (tertiary/aromatic N) is 3. The molecule has 1 aliphatic heterocycles. The van der Waals surface area contributed by atoms with E-state index in [0.717, 1.165) is 4.68 Å². The van der Waals surface area contributed by atoms with Gasteiger partial charge in [-0.1, -0.05) is 6.04 Å². The minimum absolute atomic E-state index is 0.0186. The number of rotatable bonds is 2. The Balaban J connectivity index is 2.21. The van der Waals surface area contributed by atoms with Crippen LogP contribution in [0.2, 0.25) is 0 Å². The van der Waals surface area contributed by atoms with Gasteiger partial charge in [0.2, 0.25) is 0 Å². The van der Waals surface area contributed by atoms with Gasteiger partial charge in [0.05, 0.1) is 18.1 Å². The summed E-state index contributed by atoms with van der Waals surface area (Å²) in [5.74, 6) is -0.461. The van der Waals surface area contributed by atoms with Crippen LogP contribution in [0.5, 0.6) is 0 Å². The fourth-order valence-corrected chi connectivity index (χ4v) is 1.87. The third kappa shape index (κ3) is 2.38. The Morgan fingerprint density at radius 2 is 2.00 bits per heavy atom. The molecule has 0 aromatic carbocycles. The molecule has 1 fully saturated rings. The first kappa shape index (κ1) is 7.56. The lowest BCUT2D eigenvalue weighted by Gasteiger charge is -2.32. The van der Waals surface area contributed by atoms with Gasteiger partial charge in [0, 0.05) is 28.1 Å². The first-order chi connectivity index (χ1) is 13.1. The lowest BCUT2D eigenvalue weighted by molar-refractivity contribution is 0.00578. The molecule has 5 nitrogen and oxygen atoms in total. The van der Waals surface area contributed by atoms with Gasteiger partial charge in [-0.05, 0) is 46.2 Å². The van der Waals surface area contributed by atoms with E-state index in [4.69, 9.17) is 20.3 Å². The Kier molecular flexibility index (Phi) is 1.68. The van der Waals surface area contributed by atoms with Crippen LogP contribution in [0.15, 0.2) is 30.6 Å². The van der Waals surface area contributed by atoms with Crippen LogP contribution in [-0.4, -0.2) is 33.1 Å². The van der Waals surface area contributed by atoms with Crippen LogP contribution in [-0.2, 0) is 9.31 Å². The molecule has 1 aliphatic rings. The standard InChI is InChI=1S/C15H20BN3O2/c1-11-7-6-8-17-13(11)19-10-12(9-18-19)16-20-14(2,3)15(4,5)21-16/h6-10H,1-5H3/i1D3,6D,7D,8D,9D,10D. The van der Waals surface area contributed by atoms with E-state index >= 15 is 0 Å². The molecule has 3 rings (SSSR count). The average molecular weight is 293 g/mol. The van der Waals surface area contributed by atoms with Gasteiger partial charge in [0.15, 0.2) is 5.82 Å². The van der Waals surface area contributed by atoms with Crippen molar-refractivity contribution in [3.63, 3.8) is 0 Å². The van der Waals surface area contributed by atoms with E-state index in [-0.39, 0.29) is 11.6 Å². The topological polar surface area (TPSA) is 49.2 Å². The molecule has 1 saturated heterocycles. The maximum absolute atomic E-state index is 8.45. The number of pyridine rings is 1. The lowest BCUT2D eigenvalue weighted by Crippen LogP contribution is -2.41. The summed E-state index contributed by atoms with van der Waals surface area (Å²) in [6.45, 7) is 4.40. The smallest absolute Gasteiger partial charge is 0.399 e. The average Bonchev–Trinajstić information content (AvgIpc) is 2.94. The van der Waals surface area contributed by atoms with Crippen molar-refractivity contribution in [1.29, 1.82) is 0 Å². The van der Waals surface area contributed by atoms with E-state index in [1.54, 1.807) is 0 Å². The van der Waals surface area contributed by atoms with Crippen molar-refractivity contribution in [2.24, 2.45) is 0 Å². The highest BCUT2D eigenvalue weighted by Crippen LogP contribution is 2.36. The monoisotopic (exact) mass is 293 g/mol. The van der Waals surface area contributed by atoms with Crippen molar-refractivity contribution in [3.05, 3.63) is 36.2 Å². The van der Waals surface area contributed by atoms with Crippen LogP contribution in [0.1, 0.15) is 44.2 Å². The number of hydrogen-bond acceptors (Lipinski definition) is 4. The van der Waals surface area contributed by atoms with Gasteiger partial charge in [-0.25, -0.2) is 9.67 Å². The van der Waals surface area contributed by atoms with Crippen molar-refractivity contribution in [2.75, 3.05) is 0 Å². The summed E-state index contributed by atoms with van der Waals surface area (Å²) in [5.41, 5.74) is -2.09. The first-order valence-electron chi connectivity index (χ1n) is 10.5. The molecule has 110 valence electrons. The molecule has 0 atom stereocenters. The molecular weight excluding hydrogens is 265 g/mol. The molecule has 0 unspecified atom stereocenters. The van der Waals surface area contributed by atoms with E-state index in [1.165, 1.54) is 0 Å². The van der Waals surface area contributed by atoms with Gasteiger partial charge in [0.25, 0.3) is 0 Å². The van der Waals surface area contributed by atoms with Crippen LogP contribution in [0.3, 0.4) is 0 Å². The van der Waals surface area contributed by atoms with Crippen molar-refractivity contribution < 1.29 is 20.3 Å². The van der Waals surface area contributed by atoms with Gasteiger partial charge < -0.3 is 9.31 Å². The van der Waals surface area contributed by atoms with Crippen LogP contribution < -0.4 is 5.46 Å². The zero-order chi connectivity index (χ0) is 22.1. The van der Waals surface area contributed by atoms with E-state index in [0.29, 0.717) is 0 Å². The van der Waals surface area contributed by atoms with Crippen molar-refractivity contribution >= 4 is 12.6 Å². The molecule has 0 radical (unpaired) electrons. The van der Waals surface area contributed by atoms with Crippen molar-refractivity contribution in [2.45, 2.75) is 45.7 Å². The highest BCUT2D eigenvalue weighted by atomic mass is 16.7. The third-order valence-corrected chi connectivity index (χ3v) is 3.82. The van der Waals surface area contributed by atoms with Gasteiger partial charge in [0.1, 0.15) is 0 Å². The molecule has 0 amide bonds. The fraction of sp³-hybridized carbons (Fsp3) is 0.467. The zero-order valence-corrected chi connectivity index (χ0v) is 12.2. The van der Waals surface area contributed by atoms with E-state index in [2.05, 4.69) is 10.1 Å². The third-order valence-electron chi connectivity index (χ3n) is 3.82. The molecule has 0 aliphatic carbocycles. The van der Waals surface area contributed by atoms with Crippen LogP contribution in [0.4, 0.5) is 0 Å². The Morgan fingerprint density at radius 3 is 2.67 bits per heavy atom. The summed E-state index contributed by atoms with van der Waals surface area (Å²) in [7, 11) is -1.08. The molecule has 0 saturated carbocycles. The fourth-order valence-electron chi connectivity index (χ4n) is 1.87. The second-order valence-corrected chi connectivity index (χ2v) is 5.81. The molecule has 2 aromatic heterocycles. The largest absolute Gasteiger partial charge is 0.498 e. The minimum atomic E-state index is -2.84. The first-order valence-corrected chi connectivity index (χ1v) is 6.49. The summed E-state index contributed by atoms with van der Waals surface area (Å²) in [6.07, 6.45) is -1.40. The Labute approximate surface area is 136 Å². The molecular formula is C15H20BN3O2. The Bertz CT molecular complexity index is 973. The van der Waals surface area contributed by atoms with Crippen LogP contribution >= 0.6 is 0 Å². The maximum atomic E-state index is 8.45. The predicted octanol–water partition coefficient (Wildman–Crippen LogP) is 1.87. The van der Waals surface area contributed by atoms with Gasteiger partial charge in [-0.2, -0.15) is 5.10 Å². The maximum Gasteiger partial charge on any atom is 0.498 e. The normalized spacial score (nSPS) is 26.0. The number of hydrogen-bond donors (Lipinski definition) is 0. The summed E-state index contributed by atoms with van der Waals surface area (Å²) >= 11 is 0. The van der Waals surface area contributed by atoms with Crippen molar-refractivity contribution in [3.8, 4) is 5.82 Å². The van der Waals surface area contributed by atoms with Gasteiger partial charge in [-0.15, -0.1) is 0 Å². The summed E-state index contributed by atoms with van der Waals surface area (Å²) in [4.78, 5) is 3.78. The Morgan fingerprint density at radius 1 is 1.29 bits per heavy atom. The molecule has 21 heavy (non-hydrogen) atoms. The van der Waals surface area contributed by atoms with Crippen LogP contribution in [0, 0.1) is 6.85 Å². The van der Waals surface area contributed by atoms with E-state index in [1.807, 2.05) is 27.7 Å². The quantitative estimate of drug-likeness (QED) is 0.793. The molecule has 2 aromatic rings. The van der Waals surface area contributed by atoms with Crippen LogP contribution in [0.25, 0.3) is 5.82 Å². The molecule has 0 bridgehead atoms. The second kappa shape index (κ2) is 4.68. The molecule has 6 heteroatoms.